The molecule has 0 saturated carbocycles. The minimum atomic E-state index is 0.677. The van der Waals surface area contributed by atoms with Crippen LogP contribution in [0.2, 0.25) is 5.02 Å². The highest BCUT2D eigenvalue weighted by atomic mass is 35.5. The number of aryl methyl sites for hydroxylation is 1. The Morgan fingerprint density at radius 2 is 1.71 bits per heavy atom. The van der Waals surface area contributed by atoms with Gasteiger partial charge in [-0.1, -0.05) is 29.8 Å². The van der Waals surface area contributed by atoms with Crippen molar-refractivity contribution in [3.8, 4) is 17.1 Å². The number of hydrogen-bond donors (Lipinski definition) is 1. The van der Waals surface area contributed by atoms with Gasteiger partial charge in [-0.05, 0) is 61.0 Å². The fourth-order valence-corrected chi connectivity index (χ4v) is 3.08. The first-order chi connectivity index (χ1) is 13.6. The number of halogens is 1. The smallest absolute Gasteiger partial charge is 0.137 e. The van der Waals surface area contributed by atoms with E-state index in [4.69, 9.17) is 20.8 Å². The Morgan fingerprint density at radius 3 is 2.43 bits per heavy atom. The zero-order valence-electron chi connectivity index (χ0n) is 15.6. The van der Waals surface area contributed by atoms with Gasteiger partial charge < -0.3 is 9.15 Å². The fourth-order valence-electron chi connectivity index (χ4n) is 2.92. The Hall–Kier alpha value is -3.24. The van der Waals surface area contributed by atoms with E-state index >= 15 is 0 Å². The Labute approximate surface area is 168 Å². The summed E-state index contributed by atoms with van der Waals surface area (Å²) in [4.78, 5) is 0. The fraction of sp³-hybridized carbons (Fsp3) is 0.0870. The standard InChI is InChI=1S/C23H19ClN2O2/c1-15-12-23-19(13-20(15)24)21(26-25-17-6-4-3-5-7-17)14-22(28-23)16-8-10-18(27-2)11-9-16/h3-14,25H,1-2H3/b26-21-. The maximum Gasteiger partial charge on any atom is 0.137 e. The molecule has 0 amide bonds. The SMILES string of the molecule is COc1ccc(-c2c/c(=N/Nc3ccccc3)c3cc(Cl)c(C)cc3o2)cc1. The third-order valence-electron chi connectivity index (χ3n) is 4.48. The zero-order valence-corrected chi connectivity index (χ0v) is 16.3. The van der Waals surface area contributed by atoms with E-state index in [1.54, 1.807) is 7.11 Å². The second-order valence-corrected chi connectivity index (χ2v) is 6.82. The Bertz CT molecular complexity index is 1180. The lowest BCUT2D eigenvalue weighted by Crippen LogP contribution is -2.07. The lowest BCUT2D eigenvalue weighted by atomic mass is 10.1. The summed E-state index contributed by atoms with van der Waals surface area (Å²) < 4.78 is 11.4. The van der Waals surface area contributed by atoms with E-state index in [-0.39, 0.29) is 0 Å². The molecule has 0 aliphatic heterocycles. The maximum atomic E-state index is 6.35. The van der Waals surface area contributed by atoms with Gasteiger partial charge in [0.05, 0.1) is 18.2 Å². The van der Waals surface area contributed by atoms with E-state index in [1.807, 2.05) is 79.7 Å². The number of methoxy groups -OCH3 is 1. The van der Waals surface area contributed by atoms with E-state index in [2.05, 4.69) is 10.5 Å². The molecule has 0 fully saturated rings. The van der Waals surface area contributed by atoms with Crippen LogP contribution in [0.4, 0.5) is 5.69 Å². The van der Waals surface area contributed by atoms with Gasteiger partial charge in [0, 0.05) is 22.0 Å². The van der Waals surface area contributed by atoms with Crippen LogP contribution in [0.3, 0.4) is 0 Å². The second-order valence-electron chi connectivity index (χ2n) is 6.41. The molecular weight excluding hydrogens is 372 g/mol. The summed E-state index contributed by atoms with van der Waals surface area (Å²) >= 11 is 6.35. The van der Waals surface area contributed by atoms with Crippen LogP contribution >= 0.6 is 11.6 Å². The molecule has 4 aromatic rings. The van der Waals surface area contributed by atoms with Crippen molar-refractivity contribution in [3.05, 3.63) is 88.7 Å². The molecule has 1 aromatic heterocycles. The molecule has 0 unspecified atom stereocenters. The molecule has 1 heterocycles. The molecule has 5 heteroatoms. The number of nitrogens with one attached hydrogen (secondary N) is 1. The highest BCUT2D eigenvalue weighted by molar-refractivity contribution is 6.32. The highest BCUT2D eigenvalue weighted by Crippen LogP contribution is 2.27. The molecule has 0 saturated heterocycles. The van der Waals surface area contributed by atoms with E-state index in [1.165, 1.54) is 0 Å². The average Bonchev–Trinajstić information content (AvgIpc) is 2.74. The molecule has 0 radical (unpaired) electrons. The van der Waals surface area contributed by atoms with Crippen LogP contribution in [-0.2, 0) is 0 Å². The first kappa shape index (κ1) is 18.1. The summed E-state index contributed by atoms with van der Waals surface area (Å²) in [6.07, 6.45) is 0. The minimum absolute atomic E-state index is 0.677. The highest BCUT2D eigenvalue weighted by Gasteiger charge is 2.09. The summed E-state index contributed by atoms with van der Waals surface area (Å²) in [5.41, 5.74) is 6.62. The molecule has 0 aliphatic rings. The molecule has 0 spiro atoms. The first-order valence-electron chi connectivity index (χ1n) is 8.87. The number of hydrogen-bond acceptors (Lipinski definition) is 4. The van der Waals surface area contributed by atoms with Gasteiger partial charge in [-0.25, -0.2) is 0 Å². The van der Waals surface area contributed by atoms with Crippen molar-refractivity contribution in [2.75, 3.05) is 12.5 Å². The van der Waals surface area contributed by atoms with E-state index < -0.39 is 0 Å². The van der Waals surface area contributed by atoms with Crippen molar-refractivity contribution in [2.45, 2.75) is 6.92 Å². The summed E-state index contributed by atoms with van der Waals surface area (Å²) in [6, 6.07) is 23.3. The van der Waals surface area contributed by atoms with Gasteiger partial charge in [-0.3, -0.25) is 5.43 Å². The molecule has 0 atom stereocenters. The molecule has 0 aliphatic carbocycles. The van der Waals surface area contributed by atoms with Crippen LogP contribution in [0.15, 0.2) is 82.3 Å². The predicted octanol–water partition coefficient (Wildman–Crippen LogP) is 6.00. The summed E-state index contributed by atoms with van der Waals surface area (Å²) in [5.74, 6) is 1.51. The molecule has 28 heavy (non-hydrogen) atoms. The van der Waals surface area contributed by atoms with E-state index in [9.17, 15) is 0 Å². The molecular formula is C23H19ClN2O2. The summed E-state index contributed by atoms with van der Waals surface area (Å²) in [6.45, 7) is 1.95. The average molecular weight is 391 g/mol. The quantitative estimate of drug-likeness (QED) is 0.435. The number of nitrogens with zero attached hydrogens (tertiary/aromatic N) is 1. The molecule has 1 N–H and O–H groups in total. The largest absolute Gasteiger partial charge is 0.497 e. The predicted molar refractivity (Wildman–Crippen MR) is 114 cm³/mol. The van der Waals surface area contributed by atoms with Crippen LogP contribution < -0.4 is 15.5 Å². The molecule has 4 rings (SSSR count). The molecule has 4 nitrogen and oxygen atoms in total. The third-order valence-corrected chi connectivity index (χ3v) is 4.89. The van der Waals surface area contributed by atoms with Gasteiger partial charge in [-0.2, -0.15) is 5.10 Å². The van der Waals surface area contributed by atoms with Gasteiger partial charge in [0.25, 0.3) is 0 Å². The lowest BCUT2D eigenvalue weighted by Gasteiger charge is -2.08. The normalized spacial score (nSPS) is 11.6. The molecule has 0 bridgehead atoms. The van der Waals surface area contributed by atoms with Crippen LogP contribution in [0.5, 0.6) is 5.75 Å². The van der Waals surface area contributed by atoms with Crippen molar-refractivity contribution < 1.29 is 9.15 Å². The number of benzene rings is 3. The summed E-state index contributed by atoms with van der Waals surface area (Å²) in [5, 5.41) is 6.87. The van der Waals surface area contributed by atoms with Gasteiger partial charge in [0.15, 0.2) is 0 Å². The zero-order chi connectivity index (χ0) is 19.5. The van der Waals surface area contributed by atoms with Crippen molar-refractivity contribution in [2.24, 2.45) is 5.10 Å². The van der Waals surface area contributed by atoms with Gasteiger partial charge in [0.2, 0.25) is 0 Å². The Morgan fingerprint density at radius 1 is 0.964 bits per heavy atom. The van der Waals surface area contributed by atoms with E-state index in [0.717, 1.165) is 38.9 Å². The number of para-hydroxylation sites is 1. The third kappa shape index (κ3) is 3.73. The van der Waals surface area contributed by atoms with Crippen molar-refractivity contribution in [1.29, 1.82) is 0 Å². The lowest BCUT2D eigenvalue weighted by molar-refractivity contribution is 0.415. The van der Waals surface area contributed by atoms with Crippen LogP contribution in [0.1, 0.15) is 5.56 Å². The molecule has 3 aromatic carbocycles. The van der Waals surface area contributed by atoms with Crippen molar-refractivity contribution in [3.63, 3.8) is 0 Å². The van der Waals surface area contributed by atoms with Crippen LogP contribution in [0, 0.1) is 6.92 Å². The van der Waals surface area contributed by atoms with E-state index in [0.29, 0.717) is 10.8 Å². The monoisotopic (exact) mass is 390 g/mol. The van der Waals surface area contributed by atoms with Gasteiger partial charge >= 0.3 is 0 Å². The topological polar surface area (TPSA) is 46.8 Å². The van der Waals surface area contributed by atoms with Crippen molar-refractivity contribution >= 4 is 28.3 Å². The van der Waals surface area contributed by atoms with Crippen molar-refractivity contribution in [1.82, 2.24) is 0 Å². The number of anilines is 1. The number of ether oxygens (including phenoxy) is 1. The Balaban J connectivity index is 1.88. The first-order valence-corrected chi connectivity index (χ1v) is 9.25. The minimum Gasteiger partial charge on any atom is -0.497 e. The maximum absolute atomic E-state index is 6.35. The number of fused-ring (bicyclic) bond motifs is 1. The Kier molecular flexibility index (Phi) is 5.04. The van der Waals surface area contributed by atoms with Crippen LogP contribution in [-0.4, -0.2) is 7.11 Å². The van der Waals surface area contributed by atoms with Crippen LogP contribution in [0.25, 0.3) is 22.3 Å². The van der Waals surface area contributed by atoms with Gasteiger partial charge in [-0.15, -0.1) is 0 Å². The summed E-state index contributed by atoms with van der Waals surface area (Å²) in [7, 11) is 1.65. The second kappa shape index (κ2) is 7.79. The number of rotatable bonds is 4. The van der Waals surface area contributed by atoms with Gasteiger partial charge in [0.1, 0.15) is 17.1 Å². The molecule has 140 valence electrons.